The molecule has 2 aromatic carbocycles. The van der Waals surface area contributed by atoms with E-state index in [0.717, 1.165) is 21.4 Å². The smallest absolute Gasteiger partial charge is 0.323 e. The Morgan fingerprint density at radius 3 is 2.72 bits per heavy atom. The normalized spacial score (nSPS) is 10.6. The van der Waals surface area contributed by atoms with Crippen LogP contribution in [0.2, 0.25) is 5.02 Å². The molecule has 2 aromatic rings. The molecule has 2 N–H and O–H groups in total. The summed E-state index contributed by atoms with van der Waals surface area (Å²) in [6, 6.07) is 10.6. The number of hydrogen-bond acceptors (Lipinski definition) is 3. The van der Waals surface area contributed by atoms with Crippen LogP contribution >= 0.6 is 34.2 Å². The zero-order valence-corrected chi connectivity index (χ0v) is 17.3. The molecule has 134 valence electrons. The first-order chi connectivity index (χ1) is 11.9. The number of nitrogens with one attached hydrogen (secondary N) is 2. The number of rotatable bonds is 6. The van der Waals surface area contributed by atoms with E-state index in [4.69, 9.17) is 16.3 Å². The minimum absolute atomic E-state index is 0.328. The van der Waals surface area contributed by atoms with Gasteiger partial charge in [0.25, 0.3) is 0 Å². The number of amides is 2. The van der Waals surface area contributed by atoms with Gasteiger partial charge in [0.05, 0.1) is 3.57 Å². The summed E-state index contributed by atoms with van der Waals surface area (Å²) in [5, 5.41) is 6.24. The average molecular weight is 474 g/mol. The molecule has 5 nitrogen and oxygen atoms in total. The van der Waals surface area contributed by atoms with E-state index in [0.29, 0.717) is 23.0 Å². The maximum absolute atomic E-state index is 12.2. The maximum Gasteiger partial charge on any atom is 0.323 e. The summed E-state index contributed by atoms with van der Waals surface area (Å²) in [5.74, 6) is 0.749. The van der Waals surface area contributed by atoms with Crippen molar-refractivity contribution in [2.24, 2.45) is 0 Å². The summed E-state index contributed by atoms with van der Waals surface area (Å²) >= 11 is 8.29. The van der Waals surface area contributed by atoms with Gasteiger partial charge in [0.15, 0.2) is 0 Å². The molecule has 2 amide bonds. The number of carbonyl (C=O) groups is 1. The Kier molecular flexibility index (Phi) is 7.34. The van der Waals surface area contributed by atoms with Gasteiger partial charge in [0, 0.05) is 29.0 Å². The molecule has 0 saturated carbocycles. The third-order valence-electron chi connectivity index (χ3n) is 3.50. The minimum atomic E-state index is -0.328. The molecule has 0 aliphatic rings. The first-order valence-electron chi connectivity index (χ1n) is 7.77. The number of benzene rings is 2. The van der Waals surface area contributed by atoms with Crippen molar-refractivity contribution in [3.8, 4) is 5.75 Å². The number of anilines is 2. The van der Waals surface area contributed by atoms with Crippen molar-refractivity contribution in [3.05, 3.63) is 50.6 Å². The zero-order valence-electron chi connectivity index (χ0n) is 14.4. The predicted molar refractivity (Wildman–Crippen MR) is 112 cm³/mol. The van der Waals surface area contributed by atoms with Crippen LogP contribution < -0.4 is 15.4 Å². The first kappa shape index (κ1) is 19.8. The van der Waals surface area contributed by atoms with Crippen molar-refractivity contribution < 1.29 is 9.53 Å². The van der Waals surface area contributed by atoms with Crippen molar-refractivity contribution in [2.45, 2.75) is 6.92 Å². The topological polar surface area (TPSA) is 53.6 Å². The van der Waals surface area contributed by atoms with Gasteiger partial charge in [0.2, 0.25) is 0 Å². The molecule has 0 atom stereocenters. The van der Waals surface area contributed by atoms with E-state index in [-0.39, 0.29) is 6.03 Å². The molecule has 0 saturated heterocycles. The highest BCUT2D eigenvalue weighted by Crippen LogP contribution is 2.26. The SMILES string of the molecule is Cc1c(Cl)cccc1NC(=O)Nc1ccc(I)c(OCCN(C)C)c1. The second-order valence-electron chi connectivity index (χ2n) is 5.79. The fourth-order valence-corrected chi connectivity index (χ4v) is 2.72. The molecule has 0 aliphatic carbocycles. The van der Waals surface area contributed by atoms with Crippen LogP contribution in [0.15, 0.2) is 36.4 Å². The Bertz CT molecular complexity index is 753. The van der Waals surface area contributed by atoms with E-state index in [1.165, 1.54) is 0 Å². The van der Waals surface area contributed by atoms with Gasteiger partial charge in [0.1, 0.15) is 12.4 Å². The van der Waals surface area contributed by atoms with Crippen LogP contribution in [0.4, 0.5) is 16.2 Å². The number of nitrogens with zero attached hydrogens (tertiary/aromatic N) is 1. The molecule has 0 radical (unpaired) electrons. The van der Waals surface area contributed by atoms with Gasteiger partial charge in [-0.15, -0.1) is 0 Å². The van der Waals surface area contributed by atoms with Gasteiger partial charge in [-0.05, 0) is 73.4 Å². The van der Waals surface area contributed by atoms with E-state index in [1.807, 2.05) is 45.3 Å². The van der Waals surface area contributed by atoms with Gasteiger partial charge >= 0.3 is 6.03 Å². The number of likely N-dealkylation sites (N-methyl/N-ethyl adjacent to an activating group) is 1. The highest BCUT2D eigenvalue weighted by Gasteiger charge is 2.09. The van der Waals surface area contributed by atoms with E-state index < -0.39 is 0 Å². The lowest BCUT2D eigenvalue weighted by atomic mass is 10.2. The number of hydrogen-bond donors (Lipinski definition) is 2. The van der Waals surface area contributed by atoms with Gasteiger partial charge in [-0.1, -0.05) is 17.7 Å². The lowest BCUT2D eigenvalue weighted by Crippen LogP contribution is -2.21. The molecular formula is C18H21ClIN3O2. The fourth-order valence-electron chi connectivity index (χ4n) is 2.06. The predicted octanol–water partition coefficient (Wildman–Crippen LogP) is 4.84. The highest BCUT2D eigenvalue weighted by atomic mass is 127. The second-order valence-corrected chi connectivity index (χ2v) is 7.36. The quantitative estimate of drug-likeness (QED) is 0.591. The number of ether oxygens (including phenoxy) is 1. The van der Waals surface area contributed by atoms with Crippen LogP contribution in [0.3, 0.4) is 0 Å². The monoisotopic (exact) mass is 473 g/mol. The lowest BCUT2D eigenvalue weighted by molar-refractivity contribution is 0.260. The van der Waals surface area contributed by atoms with Gasteiger partial charge in [-0.25, -0.2) is 4.79 Å². The molecule has 0 unspecified atom stereocenters. The molecule has 25 heavy (non-hydrogen) atoms. The van der Waals surface area contributed by atoms with Crippen LogP contribution in [0, 0.1) is 10.5 Å². The fraction of sp³-hybridized carbons (Fsp3) is 0.278. The van der Waals surface area contributed by atoms with Crippen LogP contribution in [0.5, 0.6) is 5.75 Å². The summed E-state index contributed by atoms with van der Waals surface area (Å²) in [6.07, 6.45) is 0. The molecule has 7 heteroatoms. The van der Waals surface area contributed by atoms with Crippen LogP contribution in [-0.4, -0.2) is 38.2 Å². The molecular weight excluding hydrogens is 453 g/mol. The first-order valence-corrected chi connectivity index (χ1v) is 9.22. The van der Waals surface area contributed by atoms with Gasteiger partial charge in [-0.3, -0.25) is 0 Å². The summed E-state index contributed by atoms with van der Waals surface area (Å²) in [5.41, 5.74) is 2.17. The maximum atomic E-state index is 12.2. The largest absolute Gasteiger partial charge is 0.491 e. The number of halogens is 2. The van der Waals surface area contributed by atoms with Crippen LogP contribution in [-0.2, 0) is 0 Å². The number of urea groups is 1. The van der Waals surface area contributed by atoms with E-state index in [1.54, 1.807) is 12.1 Å². The van der Waals surface area contributed by atoms with E-state index in [2.05, 4.69) is 38.1 Å². The Morgan fingerprint density at radius 1 is 1.24 bits per heavy atom. The molecule has 0 heterocycles. The standard InChI is InChI=1S/C18H21ClIN3O2/c1-12-14(19)5-4-6-16(12)22-18(24)21-13-7-8-15(20)17(11-13)25-10-9-23(2)3/h4-8,11H,9-10H2,1-3H3,(H2,21,22,24). The van der Waals surface area contributed by atoms with Crippen molar-refractivity contribution in [1.82, 2.24) is 4.90 Å². The number of carbonyl (C=O) groups excluding carboxylic acids is 1. The molecule has 0 spiro atoms. The molecule has 0 aromatic heterocycles. The lowest BCUT2D eigenvalue weighted by Gasteiger charge is -2.14. The highest BCUT2D eigenvalue weighted by molar-refractivity contribution is 14.1. The Balaban J connectivity index is 2.01. The molecule has 0 bridgehead atoms. The summed E-state index contributed by atoms with van der Waals surface area (Å²) in [4.78, 5) is 14.3. The molecule has 0 aliphatic heterocycles. The summed E-state index contributed by atoms with van der Waals surface area (Å²) in [6.45, 7) is 3.27. The molecule has 0 fully saturated rings. The minimum Gasteiger partial charge on any atom is -0.491 e. The third-order valence-corrected chi connectivity index (χ3v) is 4.80. The summed E-state index contributed by atoms with van der Waals surface area (Å²) < 4.78 is 6.78. The molecule has 2 rings (SSSR count). The Labute approximate surface area is 166 Å². The van der Waals surface area contributed by atoms with E-state index >= 15 is 0 Å². The van der Waals surface area contributed by atoms with Gasteiger partial charge in [-0.2, -0.15) is 0 Å². The van der Waals surface area contributed by atoms with Crippen molar-refractivity contribution in [1.29, 1.82) is 0 Å². The van der Waals surface area contributed by atoms with E-state index in [9.17, 15) is 4.79 Å². The Hall–Kier alpha value is -1.51. The van der Waals surface area contributed by atoms with Crippen LogP contribution in [0.1, 0.15) is 5.56 Å². The zero-order chi connectivity index (χ0) is 18.4. The Morgan fingerprint density at radius 2 is 2.00 bits per heavy atom. The van der Waals surface area contributed by atoms with Gasteiger partial charge < -0.3 is 20.3 Å². The van der Waals surface area contributed by atoms with Crippen molar-refractivity contribution >= 4 is 51.6 Å². The second kappa shape index (κ2) is 9.26. The third kappa shape index (κ3) is 6.05. The average Bonchev–Trinajstić information content (AvgIpc) is 2.54. The summed E-state index contributed by atoms with van der Waals surface area (Å²) in [7, 11) is 3.99. The van der Waals surface area contributed by atoms with Crippen LogP contribution in [0.25, 0.3) is 0 Å². The van der Waals surface area contributed by atoms with Crippen molar-refractivity contribution in [3.63, 3.8) is 0 Å². The van der Waals surface area contributed by atoms with Crippen molar-refractivity contribution in [2.75, 3.05) is 37.9 Å².